The van der Waals surface area contributed by atoms with Crippen molar-refractivity contribution in [2.45, 2.75) is 0 Å². The third kappa shape index (κ3) is 3.13. The topological polar surface area (TPSA) is 66.0 Å². The maximum atomic E-state index is 13.8. The van der Waals surface area contributed by atoms with Crippen molar-refractivity contribution in [2.75, 3.05) is 36.7 Å². The van der Waals surface area contributed by atoms with Gasteiger partial charge < -0.3 is 15.5 Å². The first-order chi connectivity index (χ1) is 9.51. The number of hydrogen-bond donors (Lipinski definition) is 2. The van der Waals surface area contributed by atoms with Gasteiger partial charge in [-0.2, -0.15) is 15.0 Å². The lowest BCUT2D eigenvalue weighted by Crippen LogP contribution is -2.16. The summed E-state index contributed by atoms with van der Waals surface area (Å²) < 4.78 is 14.4. The average molecular weight is 341 g/mol. The summed E-state index contributed by atoms with van der Waals surface area (Å²) in [7, 11) is 5.34. The van der Waals surface area contributed by atoms with Crippen LogP contribution in [0.2, 0.25) is 0 Å². The van der Waals surface area contributed by atoms with E-state index in [0.717, 1.165) is 0 Å². The molecule has 6 nitrogen and oxygen atoms in total. The molecule has 2 aromatic rings. The third-order valence-corrected chi connectivity index (χ3v) is 3.11. The summed E-state index contributed by atoms with van der Waals surface area (Å²) in [5.41, 5.74) is 0.283. The van der Waals surface area contributed by atoms with E-state index in [1.165, 1.54) is 6.07 Å². The molecule has 2 N–H and O–H groups in total. The van der Waals surface area contributed by atoms with Crippen molar-refractivity contribution in [3.63, 3.8) is 0 Å². The van der Waals surface area contributed by atoms with E-state index in [4.69, 9.17) is 0 Å². The number of para-hydroxylation sites is 1. The van der Waals surface area contributed by atoms with Crippen LogP contribution in [0, 0.1) is 5.82 Å². The SMILES string of the molecule is CNc1nc(Nc2c(F)cccc2Br)nc(N(C)C)n1. The van der Waals surface area contributed by atoms with Crippen molar-refractivity contribution in [2.24, 2.45) is 0 Å². The molecule has 0 saturated carbocycles. The van der Waals surface area contributed by atoms with Crippen LogP contribution in [0.1, 0.15) is 0 Å². The Morgan fingerprint density at radius 1 is 1.15 bits per heavy atom. The Kier molecular flexibility index (Phi) is 4.33. The Bertz CT molecular complexity index is 599. The van der Waals surface area contributed by atoms with Crippen LogP contribution < -0.4 is 15.5 Å². The van der Waals surface area contributed by atoms with E-state index in [-0.39, 0.29) is 11.6 Å². The minimum atomic E-state index is -0.391. The van der Waals surface area contributed by atoms with Gasteiger partial charge in [0.1, 0.15) is 5.82 Å². The molecule has 0 atom stereocenters. The fourth-order valence-corrected chi connectivity index (χ4v) is 1.90. The maximum Gasteiger partial charge on any atom is 0.233 e. The number of hydrogen-bond acceptors (Lipinski definition) is 6. The molecule has 20 heavy (non-hydrogen) atoms. The third-order valence-electron chi connectivity index (χ3n) is 2.45. The van der Waals surface area contributed by atoms with Gasteiger partial charge >= 0.3 is 0 Å². The monoisotopic (exact) mass is 340 g/mol. The summed E-state index contributed by atoms with van der Waals surface area (Å²) in [4.78, 5) is 14.3. The van der Waals surface area contributed by atoms with E-state index in [9.17, 15) is 4.39 Å². The van der Waals surface area contributed by atoms with Gasteiger partial charge in [0, 0.05) is 25.6 Å². The smallest absolute Gasteiger partial charge is 0.233 e. The molecule has 0 radical (unpaired) electrons. The summed E-state index contributed by atoms with van der Waals surface area (Å²) in [6.45, 7) is 0. The number of nitrogens with zero attached hydrogens (tertiary/aromatic N) is 4. The number of rotatable bonds is 4. The van der Waals surface area contributed by atoms with Crippen LogP contribution in [-0.2, 0) is 0 Å². The van der Waals surface area contributed by atoms with Crippen LogP contribution in [0.25, 0.3) is 0 Å². The Labute approximate surface area is 124 Å². The van der Waals surface area contributed by atoms with E-state index in [1.54, 1.807) is 24.1 Å². The quantitative estimate of drug-likeness (QED) is 0.891. The van der Waals surface area contributed by atoms with E-state index in [2.05, 4.69) is 41.5 Å². The lowest BCUT2D eigenvalue weighted by Gasteiger charge is -2.14. The lowest BCUT2D eigenvalue weighted by atomic mass is 10.3. The normalized spacial score (nSPS) is 10.2. The summed E-state index contributed by atoms with van der Waals surface area (Å²) in [6, 6.07) is 4.71. The van der Waals surface area contributed by atoms with E-state index in [0.29, 0.717) is 16.4 Å². The number of aromatic nitrogens is 3. The van der Waals surface area contributed by atoms with Gasteiger partial charge in [-0.05, 0) is 28.1 Å². The molecule has 0 amide bonds. The van der Waals surface area contributed by atoms with Crippen molar-refractivity contribution in [1.29, 1.82) is 0 Å². The van der Waals surface area contributed by atoms with Gasteiger partial charge in [-0.1, -0.05) is 6.07 Å². The van der Waals surface area contributed by atoms with Gasteiger partial charge in [-0.15, -0.1) is 0 Å². The Morgan fingerprint density at radius 2 is 1.85 bits per heavy atom. The molecule has 0 fully saturated rings. The molecule has 0 unspecified atom stereocenters. The van der Waals surface area contributed by atoms with Crippen molar-refractivity contribution in [3.8, 4) is 0 Å². The number of anilines is 4. The van der Waals surface area contributed by atoms with Gasteiger partial charge in [0.05, 0.1) is 5.69 Å². The highest BCUT2D eigenvalue weighted by molar-refractivity contribution is 9.10. The molecule has 1 heterocycles. The van der Waals surface area contributed by atoms with Gasteiger partial charge in [-0.25, -0.2) is 4.39 Å². The minimum Gasteiger partial charge on any atom is -0.357 e. The van der Waals surface area contributed by atoms with Gasteiger partial charge in [0.2, 0.25) is 17.8 Å². The second-order valence-electron chi connectivity index (χ2n) is 4.15. The van der Waals surface area contributed by atoms with Crippen LogP contribution in [-0.4, -0.2) is 36.1 Å². The van der Waals surface area contributed by atoms with Crippen LogP contribution >= 0.6 is 15.9 Å². The van der Waals surface area contributed by atoms with E-state index in [1.807, 2.05) is 14.1 Å². The summed E-state index contributed by atoms with van der Waals surface area (Å²) >= 11 is 3.29. The zero-order chi connectivity index (χ0) is 14.7. The molecule has 106 valence electrons. The Hall–Kier alpha value is -1.96. The molecule has 8 heteroatoms. The number of benzene rings is 1. The van der Waals surface area contributed by atoms with Gasteiger partial charge in [0.25, 0.3) is 0 Å². The first-order valence-corrected chi connectivity index (χ1v) is 6.62. The average Bonchev–Trinajstić information content (AvgIpc) is 2.42. The molecule has 0 bridgehead atoms. The van der Waals surface area contributed by atoms with Crippen molar-refractivity contribution in [3.05, 3.63) is 28.5 Å². The van der Waals surface area contributed by atoms with Gasteiger partial charge in [0.15, 0.2) is 0 Å². The van der Waals surface area contributed by atoms with Crippen LogP contribution in [0.5, 0.6) is 0 Å². The molecule has 1 aromatic heterocycles. The zero-order valence-corrected chi connectivity index (χ0v) is 12.9. The van der Waals surface area contributed by atoms with Crippen LogP contribution in [0.3, 0.4) is 0 Å². The summed E-state index contributed by atoms with van der Waals surface area (Å²) in [6.07, 6.45) is 0. The molecule has 0 aliphatic heterocycles. The molecular weight excluding hydrogens is 327 g/mol. The molecule has 0 saturated heterocycles. The lowest BCUT2D eigenvalue weighted by molar-refractivity contribution is 0.631. The van der Waals surface area contributed by atoms with Crippen LogP contribution in [0.15, 0.2) is 22.7 Å². The van der Waals surface area contributed by atoms with Crippen molar-refractivity contribution >= 4 is 39.5 Å². The fourth-order valence-electron chi connectivity index (χ4n) is 1.46. The number of nitrogens with one attached hydrogen (secondary N) is 2. The van der Waals surface area contributed by atoms with Crippen molar-refractivity contribution < 1.29 is 4.39 Å². The molecular formula is C12H14BrFN6. The second kappa shape index (κ2) is 6.00. The largest absolute Gasteiger partial charge is 0.357 e. The Balaban J connectivity index is 2.40. The number of halogens is 2. The standard InChI is InChI=1S/C12H14BrFN6/c1-15-10-17-11(19-12(18-10)20(2)3)16-9-7(13)5-4-6-8(9)14/h4-6H,1-3H3,(H2,15,16,17,18,19). The van der Waals surface area contributed by atoms with Crippen molar-refractivity contribution in [1.82, 2.24) is 15.0 Å². The molecule has 0 aliphatic rings. The minimum absolute atomic E-state index is 0.263. The predicted molar refractivity (Wildman–Crippen MR) is 81.1 cm³/mol. The highest BCUT2D eigenvalue weighted by Crippen LogP contribution is 2.27. The first kappa shape index (κ1) is 14.4. The highest BCUT2D eigenvalue weighted by atomic mass is 79.9. The highest BCUT2D eigenvalue weighted by Gasteiger charge is 2.11. The van der Waals surface area contributed by atoms with Gasteiger partial charge in [-0.3, -0.25) is 0 Å². The predicted octanol–water partition coefficient (Wildman–Crippen LogP) is 2.62. The second-order valence-corrected chi connectivity index (χ2v) is 5.00. The Morgan fingerprint density at radius 3 is 2.45 bits per heavy atom. The van der Waals surface area contributed by atoms with E-state index < -0.39 is 5.82 Å². The fraction of sp³-hybridized carbons (Fsp3) is 0.250. The zero-order valence-electron chi connectivity index (χ0n) is 11.3. The van der Waals surface area contributed by atoms with E-state index >= 15 is 0 Å². The maximum absolute atomic E-state index is 13.8. The molecule has 2 rings (SSSR count). The first-order valence-electron chi connectivity index (χ1n) is 5.83. The molecule has 0 aliphatic carbocycles. The molecule has 1 aromatic carbocycles. The van der Waals surface area contributed by atoms with Crippen LogP contribution in [0.4, 0.5) is 27.9 Å². The molecule has 0 spiro atoms. The summed E-state index contributed by atoms with van der Waals surface area (Å²) in [5, 5.41) is 5.70. The summed E-state index contributed by atoms with van der Waals surface area (Å²) in [5.74, 6) is 0.744.